The topological polar surface area (TPSA) is 67.9 Å². The number of aliphatic hydroxyl groups excluding tert-OH is 1. The minimum Gasteiger partial charge on any atom is -0.394 e. The van der Waals surface area contributed by atoms with Gasteiger partial charge in [-0.25, -0.2) is 4.98 Å². The maximum absolute atomic E-state index is 9.18. The van der Waals surface area contributed by atoms with E-state index in [-0.39, 0.29) is 25.1 Å². The Morgan fingerprint density at radius 1 is 1.19 bits per heavy atom. The van der Waals surface area contributed by atoms with Gasteiger partial charge in [-0.3, -0.25) is 10.00 Å². The summed E-state index contributed by atoms with van der Waals surface area (Å²) in [4.78, 5) is 4.53. The van der Waals surface area contributed by atoms with Crippen LogP contribution < -0.4 is 5.32 Å². The van der Waals surface area contributed by atoms with Gasteiger partial charge in [-0.2, -0.15) is 5.10 Å². The highest BCUT2D eigenvalue weighted by atomic mass is 35.5. The Morgan fingerprint density at radius 2 is 1.92 bits per heavy atom. The first-order chi connectivity index (χ1) is 12.1. The summed E-state index contributed by atoms with van der Waals surface area (Å²) in [7, 11) is 2.01. The second kappa shape index (κ2) is 8.98. The second-order valence-corrected chi connectivity index (χ2v) is 6.22. The molecule has 140 valence electrons. The molecule has 1 unspecified atom stereocenters. The van der Waals surface area contributed by atoms with Gasteiger partial charge in [0.2, 0.25) is 0 Å². The third kappa shape index (κ3) is 4.15. The molecule has 0 saturated carbocycles. The van der Waals surface area contributed by atoms with E-state index in [9.17, 15) is 5.11 Å². The molecule has 2 heterocycles. The molecule has 0 aliphatic heterocycles. The molecule has 0 radical (unpaired) electrons. The van der Waals surface area contributed by atoms with Crippen LogP contribution in [0.1, 0.15) is 34.4 Å². The van der Waals surface area contributed by atoms with Crippen LogP contribution in [0.5, 0.6) is 0 Å². The lowest BCUT2D eigenvalue weighted by Crippen LogP contribution is -2.25. The van der Waals surface area contributed by atoms with E-state index in [1.54, 1.807) is 0 Å². The van der Waals surface area contributed by atoms with Crippen molar-refractivity contribution < 1.29 is 5.11 Å². The van der Waals surface area contributed by atoms with E-state index in [2.05, 4.69) is 27.5 Å². The van der Waals surface area contributed by atoms with Crippen molar-refractivity contribution in [2.24, 2.45) is 7.05 Å². The zero-order valence-corrected chi connectivity index (χ0v) is 16.2. The van der Waals surface area contributed by atoms with E-state index in [0.717, 1.165) is 17.2 Å². The third-order valence-electron chi connectivity index (χ3n) is 4.58. The Morgan fingerprint density at radius 3 is 2.54 bits per heavy atom. The molecule has 0 saturated heterocycles. The standard InChI is InChI=1S/C19H25N5O.ClH/c1-14-17(15(2)24(22-14)11-12-25)13-21-18(16-7-5-4-6-8-16)19-20-9-10-23(19)3;/h4-10,18,21,25H,11-13H2,1-3H3;1H. The Bertz CT molecular complexity index is 828. The van der Waals surface area contributed by atoms with E-state index in [0.29, 0.717) is 13.1 Å². The van der Waals surface area contributed by atoms with Crippen LogP contribution in [0, 0.1) is 13.8 Å². The van der Waals surface area contributed by atoms with E-state index < -0.39 is 0 Å². The molecular weight excluding hydrogens is 350 g/mol. The number of aromatic nitrogens is 4. The summed E-state index contributed by atoms with van der Waals surface area (Å²) in [6.45, 7) is 5.36. The number of aliphatic hydroxyl groups is 1. The second-order valence-electron chi connectivity index (χ2n) is 6.22. The van der Waals surface area contributed by atoms with E-state index in [1.165, 1.54) is 11.1 Å². The van der Waals surface area contributed by atoms with Crippen LogP contribution in [0.4, 0.5) is 0 Å². The molecule has 1 aromatic carbocycles. The number of nitrogens with zero attached hydrogens (tertiary/aromatic N) is 4. The summed E-state index contributed by atoms with van der Waals surface area (Å²) >= 11 is 0. The zero-order valence-electron chi connectivity index (χ0n) is 15.4. The minimum absolute atomic E-state index is 0. The van der Waals surface area contributed by atoms with Gasteiger partial charge in [-0.1, -0.05) is 30.3 Å². The van der Waals surface area contributed by atoms with Gasteiger partial charge in [0, 0.05) is 37.2 Å². The van der Waals surface area contributed by atoms with Crippen molar-refractivity contribution >= 4 is 12.4 Å². The normalized spacial score (nSPS) is 12.0. The summed E-state index contributed by atoms with van der Waals surface area (Å²) in [6.07, 6.45) is 3.78. The van der Waals surface area contributed by atoms with Gasteiger partial charge in [-0.05, 0) is 19.4 Å². The highest BCUT2D eigenvalue weighted by Crippen LogP contribution is 2.22. The fourth-order valence-corrected chi connectivity index (χ4v) is 3.17. The Hall–Kier alpha value is -2.15. The van der Waals surface area contributed by atoms with Gasteiger partial charge >= 0.3 is 0 Å². The maximum Gasteiger partial charge on any atom is 0.130 e. The number of rotatable bonds is 7. The van der Waals surface area contributed by atoms with E-state index in [1.807, 2.05) is 60.7 Å². The van der Waals surface area contributed by atoms with Crippen molar-refractivity contribution in [2.45, 2.75) is 33.0 Å². The third-order valence-corrected chi connectivity index (χ3v) is 4.58. The summed E-state index contributed by atoms with van der Waals surface area (Å²) < 4.78 is 3.91. The number of hydrogen-bond donors (Lipinski definition) is 2. The maximum atomic E-state index is 9.18. The summed E-state index contributed by atoms with van der Waals surface area (Å²) in [5, 5.41) is 17.3. The van der Waals surface area contributed by atoms with Crippen molar-refractivity contribution in [3.63, 3.8) is 0 Å². The zero-order chi connectivity index (χ0) is 17.8. The molecule has 7 heteroatoms. The molecule has 0 amide bonds. The van der Waals surface area contributed by atoms with Gasteiger partial charge in [0.1, 0.15) is 5.82 Å². The lowest BCUT2D eigenvalue weighted by atomic mass is 10.1. The van der Waals surface area contributed by atoms with Crippen LogP contribution >= 0.6 is 12.4 Å². The molecule has 3 rings (SSSR count). The summed E-state index contributed by atoms with van der Waals surface area (Å²) in [6, 6.07) is 10.3. The summed E-state index contributed by atoms with van der Waals surface area (Å²) in [5.41, 5.74) is 4.43. The number of imidazole rings is 1. The number of benzene rings is 1. The number of halogens is 1. The predicted molar refractivity (Wildman–Crippen MR) is 104 cm³/mol. The molecule has 6 nitrogen and oxygen atoms in total. The number of aryl methyl sites for hydroxylation is 2. The van der Waals surface area contributed by atoms with E-state index in [4.69, 9.17) is 0 Å². The van der Waals surface area contributed by atoms with Gasteiger partial charge in [0.15, 0.2) is 0 Å². The fourth-order valence-electron chi connectivity index (χ4n) is 3.17. The first kappa shape index (κ1) is 20.2. The van der Waals surface area contributed by atoms with Crippen molar-refractivity contribution in [1.29, 1.82) is 0 Å². The molecule has 0 bridgehead atoms. The predicted octanol–water partition coefficient (Wildman–Crippen LogP) is 2.53. The van der Waals surface area contributed by atoms with E-state index >= 15 is 0 Å². The van der Waals surface area contributed by atoms with Crippen molar-refractivity contribution in [3.8, 4) is 0 Å². The first-order valence-corrected chi connectivity index (χ1v) is 8.51. The molecule has 2 aromatic heterocycles. The van der Waals surface area contributed by atoms with Crippen LogP contribution in [-0.2, 0) is 20.1 Å². The average molecular weight is 376 g/mol. The highest BCUT2D eigenvalue weighted by Gasteiger charge is 2.19. The van der Waals surface area contributed by atoms with Crippen LogP contribution in [0.3, 0.4) is 0 Å². The Kier molecular flexibility index (Phi) is 6.97. The molecule has 0 aliphatic carbocycles. The lowest BCUT2D eigenvalue weighted by molar-refractivity contribution is 0.267. The smallest absolute Gasteiger partial charge is 0.130 e. The largest absolute Gasteiger partial charge is 0.394 e. The number of hydrogen-bond acceptors (Lipinski definition) is 4. The molecule has 0 spiro atoms. The van der Waals surface area contributed by atoms with Crippen molar-refractivity contribution in [3.05, 3.63) is 71.1 Å². The van der Waals surface area contributed by atoms with Crippen LogP contribution in [0.2, 0.25) is 0 Å². The van der Waals surface area contributed by atoms with Crippen LogP contribution in [0.25, 0.3) is 0 Å². The minimum atomic E-state index is 0. The van der Waals surface area contributed by atoms with Crippen molar-refractivity contribution in [2.75, 3.05) is 6.61 Å². The van der Waals surface area contributed by atoms with Gasteiger partial charge in [0.25, 0.3) is 0 Å². The monoisotopic (exact) mass is 375 g/mol. The lowest BCUT2D eigenvalue weighted by Gasteiger charge is -2.19. The molecule has 0 fully saturated rings. The molecular formula is C19H26ClN5O. The Balaban J connectivity index is 0.00000243. The molecule has 3 aromatic rings. The van der Waals surface area contributed by atoms with Gasteiger partial charge in [-0.15, -0.1) is 12.4 Å². The first-order valence-electron chi connectivity index (χ1n) is 8.51. The van der Waals surface area contributed by atoms with Crippen molar-refractivity contribution in [1.82, 2.24) is 24.6 Å². The Labute approximate surface area is 160 Å². The number of nitrogens with one attached hydrogen (secondary N) is 1. The quantitative estimate of drug-likeness (QED) is 0.666. The van der Waals surface area contributed by atoms with Gasteiger partial charge < -0.3 is 9.67 Å². The highest BCUT2D eigenvalue weighted by molar-refractivity contribution is 5.85. The summed E-state index contributed by atoms with van der Waals surface area (Å²) in [5.74, 6) is 0.976. The van der Waals surface area contributed by atoms with Crippen LogP contribution in [-0.4, -0.2) is 31.0 Å². The SMILES string of the molecule is Cc1nn(CCO)c(C)c1CNC(c1ccccc1)c1nccn1C.Cl. The van der Waals surface area contributed by atoms with Crippen LogP contribution in [0.15, 0.2) is 42.7 Å². The molecule has 26 heavy (non-hydrogen) atoms. The molecule has 1 atom stereocenters. The molecule has 0 aliphatic rings. The molecule has 2 N–H and O–H groups in total. The average Bonchev–Trinajstić information content (AvgIpc) is 3.14. The fraction of sp³-hybridized carbons (Fsp3) is 0.368. The van der Waals surface area contributed by atoms with Gasteiger partial charge in [0.05, 0.1) is 24.9 Å².